The highest BCUT2D eigenvalue weighted by molar-refractivity contribution is 5.98. The lowest BCUT2D eigenvalue weighted by Gasteiger charge is -2.40. The fourth-order valence-corrected chi connectivity index (χ4v) is 4.74. The molecule has 0 aliphatic carbocycles. The van der Waals surface area contributed by atoms with Crippen molar-refractivity contribution in [1.82, 2.24) is 21.3 Å². The first-order valence-electron chi connectivity index (χ1n) is 15.7. The van der Waals surface area contributed by atoms with Crippen LogP contribution in [0.4, 0.5) is 15.3 Å². The molecule has 0 saturated carbocycles. The summed E-state index contributed by atoms with van der Waals surface area (Å²) in [4.78, 5) is 62.9. The van der Waals surface area contributed by atoms with E-state index in [1.165, 1.54) is 7.11 Å². The average Bonchev–Trinajstić information content (AvgIpc) is 2.99. The first-order chi connectivity index (χ1) is 22.4. The summed E-state index contributed by atoms with van der Waals surface area (Å²) >= 11 is 0. The molecule has 0 radical (unpaired) electrons. The van der Waals surface area contributed by atoms with Gasteiger partial charge in [-0.15, -0.1) is 0 Å². The Balaban J connectivity index is 2.09. The van der Waals surface area contributed by atoms with Gasteiger partial charge in [-0.2, -0.15) is 0 Å². The Kier molecular flexibility index (Phi) is 15.5. The van der Waals surface area contributed by atoms with Gasteiger partial charge >= 0.3 is 12.1 Å². The number of nitrogens with one attached hydrogen (secondary N) is 5. The number of hydrogen-bond donors (Lipinski definition) is 9. The van der Waals surface area contributed by atoms with Crippen LogP contribution in [0.2, 0.25) is 0 Å². The van der Waals surface area contributed by atoms with Crippen molar-refractivity contribution in [2.75, 3.05) is 25.5 Å². The minimum atomic E-state index is -1.69. The topological polar surface area (TPSA) is 266 Å². The second kappa shape index (κ2) is 18.5. The zero-order valence-corrected chi connectivity index (χ0v) is 28.3. The quantitative estimate of drug-likeness (QED) is 0.103. The SMILES string of the molecule is COC1O[C@H](C(=O)N[C@@H](C(=O)NC(CCCNC(N)=O)C(=O)Nc2ccc(CCNC(=O)OC(C)(C)C)cc2)C(C)C)C(O)[C@H](O)C1N. The molecule has 0 aromatic heterocycles. The highest BCUT2D eigenvalue weighted by Gasteiger charge is 2.47. The zero-order chi connectivity index (χ0) is 36.2. The largest absolute Gasteiger partial charge is 0.444 e. The molecule has 17 nitrogen and oxygen atoms in total. The maximum Gasteiger partial charge on any atom is 0.407 e. The van der Waals surface area contributed by atoms with E-state index >= 15 is 0 Å². The van der Waals surface area contributed by atoms with E-state index in [0.717, 1.165) is 5.56 Å². The molecule has 17 heteroatoms. The van der Waals surface area contributed by atoms with E-state index in [4.69, 9.17) is 25.7 Å². The molecule has 1 aromatic carbocycles. The molecule has 1 aliphatic rings. The van der Waals surface area contributed by atoms with Gasteiger partial charge in [-0.05, 0) is 63.6 Å². The first-order valence-corrected chi connectivity index (χ1v) is 15.7. The highest BCUT2D eigenvalue weighted by atomic mass is 16.7. The summed E-state index contributed by atoms with van der Waals surface area (Å²) in [5.74, 6) is -2.61. The fraction of sp³-hybridized carbons (Fsp3) is 0.645. The minimum Gasteiger partial charge on any atom is -0.444 e. The number of urea groups is 1. The number of methoxy groups -OCH3 is 1. The molecule has 1 aliphatic heterocycles. The highest BCUT2D eigenvalue weighted by Crippen LogP contribution is 2.21. The van der Waals surface area contributed by atoms with E-state index < -0.39 is 84.1 Å². The Hall–Kier alpha value is -4.03. The van der Waals surface area contributed by atoms with Crippen LogP contribution >= 0.6 is 0 Å². The van der Waals surface area contributed by atoms with Gasteiger partial charge in [0.05, 0.1) is 6.04 Å². The fourth-order valence-electron chi connectivity index (χ4n) is 4.74. The predicted octanol–water partition coefficient (Wildman–Crippen LogP) is -0.813. The van der Waals surface area contributed by atoms with Gasteiger partial charge in [0.25, 0.3) is 5.91 Å². The summed E-state index contributed by atoms with van der Waals surface area (Å²) in [6.07, 6.45) is -5.61. The number of carbonyl (C=O) groups excluding carboxylic acids is 5. The van der Waals surface area contributed by atoms with Crippen LogP contribution < -0.4 is 38.1 Å². The van der Waals surface area contributed by atoms with Crippen LogP contribution in [0.3, 0.4) is 0 Å². The van der Waals surface area contributed by atoms with E-state index in [9.17, 15) is 34.2 Å². The van der Waals surface area contributed by atoms with Gasteiger partial charge in [0.2, 0.25) is 11.8 Å². The van der Waals surface area contributed by atoms with Gasteiger partial charge in [0, 0.05) is 25.9 Å². The third-order valence-corrected chi connectivity index (χ3v) is 7.29. The van der Waals surface area contributed by atoms with Crippen molar-refractivity contribution in [3.05, 3.63) is 29.8 Å². The summed E-state index contributed by atoms with van der Waals surface area (Å²) in [5.41, 5.74) is 11.7. The Labute approximate surface area is 280 Å². The van der Waals surface area contributed by atoms with Crippen LogP contribution in [0.1, 0.15) is 53.0 Å². The summed E-state index contributed by atoms with van der Waals surface area (Å²) in [7, 11) is 1.26. The number of alkyl carbamates (subject to hydrolysis) is 1. The third kappa shape index (κ3) is 12.9. The molecule has 0 bridgehead atoms. The van der Waals surface area contributed by atoms with Crippen LogP contribution in [0.15, 0.2) is 24.3 Å². The van der Waals surface area contributed by atoms with Gasteiger partial charge in [-0.1, -0.05) is 26.0 Å². The summed E-state index contributed by atoms with van der Waals surface area (Å²) in [6, 6.07) is 2.80. The molecule has 11 N–H and O–H groups in total. The monoisotopic (exact) mass is 681 g/mol. The Bertz CT molecular complexity index is 1240. The maximum absolute atomic E-state index is 13.5. The van der Waals surface area contributed by atoms with Gasteiger partial charge in [-0.3, -0.25) is 14.4 Å². The number of ether oxygens (including phenoxy) is 3. The van der Waals surface area contributed by atoms with E-state index in [-0.39, 0.29) is 19.4 Å². The van der Waals surface area contributed by atoms with Crippen molar-refractivity contribution in [3.8, 4) is 0 Å². The van der Waals surface area contributed by atoms with Crippen molar-refractivity contribution in [3.63, 3.8) is 0 Å². The third-order valence-electron chi connectivity index (χ3n) is 7.29. The van der Waals surface area contributed by atoms with Gasteiger partial charge in [-0.25, -0.2) is 9.59 Å². The van der Waals surface area contributed by atoms with Crippen LogP contribution in [0.25, 0.3) is 0 Å². The molecular weight excluding hydrogens is 630 g/mol. The summed E-state index contributed by atoms with van der Waals surface area (Å²) < 4.78 is 15.7. The van der Waals surface area contributed by atoms with Crippen molar-refractivity contribution >= 4 is 35.5 Å². The van der Waals surface area contributed by atoms with Crippen molar-refractivity contribution < 1.29 is 48.4 Å². The number of amides is 6. The molecule has 0 spiro atoms. The zero-order valence-electron chi connectivity index (χ0n) is 28.3. The molecule has 7 atom stereocenters. The molecule has 48 heavy (non-hydrogen) atoms. The number of benzene rings is 1. The predicted molar refractivity (Wildman–Crippen MR) is 174 cm³/mol. The summed E-state index contributed by atoms with van der Waals surface area (Å²) in [5, 5.41) is 33.8. The molecule has 2 rings (SSSR count). The lowest BCUT2D eigenvalue weighted by molar-refractivity contribution is -0.247. The van der Waals surface area contributed by atoms with E-state index in [1.807, 2.05) is 0 Å². The number of aliphatic hydroxyl groups is 2. The maximum atomic E-state index is 13.5. The van der Waals surface area contributed by atoms with Crippen LogP contribution in [-0.2, 0) is 35.0 Å². The minimum absolute atomic E-state index is 0.106. The van der Waals surface area contributed by atoms with E-state index in [2.05, 4.69) is 26.6 Å². The Morgan fingerprint density at radius 1 is 0.958 bits per heavy atom. The Morgan fingerprint density at radius 2 is 1.60 bits per heavy atom. The smallest absolute Gasteiger partial charge is 0.407 e. The normalized spacial score (nSPS) is 22.2. The number of rotatable bonds is 15. The van der Waals surface area contributed by atoms with Crippen molar-refractivity contribution in [1.29, 1.82) is 0 Å². The Morgan fingerprint density at radius 3 is 2.17 bits per heavy atom. The lowest BCUT2D eigenvalue weighted by atomic mass is 9.95. The molecule has 4 unspecified atom stereocenters. The first kappa shape index (κ1) is 40.1. The van der Waals surface area contributed by atoms with Gasteiger partial charge < -0.3 is 62.5 Å². The standard InChI is InChI=1S/C31H51N7O10/c1-16(2)21(38-27(43)24-23(40)22(39)20(32)28(46-6)47-24)26(42)37-19(8-7-14-34-29(33)44)25(41)36-18-11-9-17(10-12-18)13-15-35-30(45)48-31(3,4)5/h9-12,16,19-24,28,39-40H,7-8,13-15,32H2,1-6H3,(H,35,45)(H,36,41)(H,37,42)(H,38,43)(H3,33,34,44)/t19?,20?,21-,22-,23?,24+,28?/m1/s1. The average molecular weight is 682 g/mol. The lowest BCUT2D eigenvalue weighted by Crippen LogP contribution is -2.66. The van der Waals surface area contributed by atoms with Gasteiger partial charge in [0.1, 0.15) is 29.9 Å². The van der Waals surface area contributed by atoms with Crippen molar-refractivity contribution in [2.45, 2.75) is 102 Å². The van der Waals surface area contributed by atoms with Crippen LogP contribution in [-0.4, -0.2) is 109 Å². The molecule has 6 amide bonds. The molecular formula is C31H51N7O10. The number of primary amides is 1. The van der Waals surface area contributed by atoms with Gasteiger partial charge in [0.15, 0.2) is 12.4 Å². The number of hydrogen-bond acceptors (Lipinski definition) is 11. The summed E-state index contributed by atoms with van der Waals surface area (Å²) in [6.45, 7) is 9.14. The van der Waals surface area contributed by atoms with E-state index in [0.29, 0.717) is 18.7 Å². The molecule has 1 heterocycles. The number of carbonyl (C=O) groups is 5. The van der Waals surface area contributed by atoms with E-state index in [1.54, 1.807) is 58.9 Å². The molecule has 270 valence electrons. The van der Waals surface area contributed by atoms with Crippen LogP contribution in [0, 0.1) is 5.92 Å². The number of anilines is 1. The van der Waals surface area contributed by atoms with Crippen molar-refractivity contribution in [2.24, 2.45) is 17.4 Å². The second-order valence-corrected chi connectivity index (χ2v) is 12.8. The van der Waals surface area contributed by atoms with Crippen LogP contribution in [0.5, 0.6) is 0 Å². The molecule has 1 saturated heterocycles. The second-order valence-electron chi connectivity index (χ2n) is 12.8. The number of aliphatic hydroxyl groups excluding tert-OH is 2. The molecule has 1 fully saturated rings. The number of nitrogens with two attached hydrogens (primary N) is 2. The molecule has 1 aromatic rings.